The summed E-state index contributed by atoms with van der Waals surface area (Å²) >= 11 is 0. The molecule has 0 fully saturated rings. The van der Waals surface area contributed by atoms with E-state index in [1.54, 1.807) is 0 Å². The summed E-state index contributed by atoms with van der Waals surface area (Å²) in [6.45, 7) is 12.2. The van der Waals surface area contributed by atoms with Crippen molar-refractivity contribution in [2.24, 2.45) is 0 Å². The van der Waals surface area contributed by atoms with Crippen molar-refractivity contribution in [2.45, 2.75) is 58.9 Å². The van der Waals surface area contributed by atoms with E-state index in [9.17, 15) is 0 Å². The number of hydrogen-bond donors (Lipinski definition) is 1. The van der Waals surface area contributed by atoms with Crippen molar-refractivity contribution in [3.8, 4) is 0 Å². The molecule has 1 N–H and O–H groups in total. The van der Waals surface area contributed by atoms with Gasteiger partial charge in [-0.3, -0.25) is 0 Å². The summed E-state index contributed by atoms with van der Waals surface area (Å²) in [5.74, 6) is 0.605. The Bertz CT molecular complexity index is 370. The van der Waals surface area contributed by atoms with Gasteiger partial charge in [0.15, 0.2) is 0 Å². The number of benzene rings is 1. The van der Waals surface area contributed by atoms with E-state index in [0.29, 0.717) is 12.0 Å². The fourth-order valence-electron chi connectivity index (χ4n) is 2.68. The molecule has 2 nitrogen and oxygen atoms in total. The minimum absolute atomic E-state index is 0.433. The van der Waals surface area contributed by atoms with Gasteiger partial charge in [0.1, 0.15) is 0 Å². The van der Waals surface area contributed by atoms with Gasteiger partial charge < -0.3 is 10.2 Å². The molecule has 0 aliphatic heterocycles. The highest BCUT2D eigenvalue weighted by Gasteiger charge is 2.13. The summed E-state index contributed by atoms with van der Waals surface area (Å²) < 4.78 is 0. The van der Waals surface area contributed by atoms with Crippen LogP contribution < -0.4 is 5.32 Å². The molecule has 0 saturated carbocycles. The van der Waals surface area contributed by atoms with Gasteiger partial charge in [0.2, 0.25) is 0 Å². The summed E-state index contributed by atoms with van der Waals surface area (Å²) in [4.78, 5) is 2.46. The van der Waals surface area contributed by atoms with Crippen LogP contribution in [0.1, 0.15) is 70.0 Å². The first-order valence-corrected chi connectivity index (χ1v) is 8.60. The van der Waals surface area contributed by atoms with Gasteiger partial charge in [-0.1, -0.05) is 64.8 Å². The van der Waals surface area contributed by atoms with Crippen molar-refractivity contribution >= 4 is 0 Å². The number of nitrogens with zero attached hydrogens (tertiary/aromatic N) is 1. The lowest BCUT2D eigenvalue weighted by Gasteiger charge is -2.25. The highest BCUT2D eigenvalue weighted by molar-refractivity contribution is 5.27. The van der Waals surface area contributed by atoms with Crippen LogP contribution in [0.15, 0.2) is 24.3 Å². The Morgan fingerprint density at radius 2 is 1.62 bits per heavy atom. The Morgan fingerprint density at radius 1 is 1.00 bits per heavy atom. The molecular formula is C19H34N2. The Balaban J connectivity index is 2.63. The fraction of sp³-hybridized carbons (Fsp3) is 0.684. The SMILES string of the molecule is CCCCCN(C)CC(NCC)c1ccc(C(C)C)cc1. The van der Waals surface area contributed by atoms with E-state index in [2.05, 4.69) is 69.2 Å². The third-order valence-corrected chi connectivity index (χ3v) is 4.09. The van der Waals surface area contributed by atoms with Crippen molar-refractivity contribution in [3.63, 3.8) is 0 Å². The van der Waals surface area contributed by atoms with E-state index in [4.69, 9.17) is 0 Å². The molecule has 0 amide bonds. The molecule has 1 unspecified atom stereocenters. The minimum atomic E-state index is 0.433. The lowest BCUT2D eigenvalue weighted by molar-refractivity contribution is 0.286. The first kappa shape index (κ1) is 18.2. The molecule has 0 aliphatic carbocycles. The Labute approximate surface area is 131 Å². The average molecular weight is 290 g/mol. The summed E-state index contributed by atoms with van der Waals surface area (Å²) in [5.41, 5.74) is 2.83. The molecule has 0 spiro atoms. The quantitative estimate of drug-likeness (QED) is 0.634. The molecular weight excluding hydrogens is 256 g/mol. The molecule has 0 saturated heterocycles. The molecule has 21 heavy (non-hydrogen) atoms. The van der Waals surface area contributed by atoms with Crippen LogP contribution in [0.3, 0.4) is 0 Å². The summed E-state index contributed by atoms with van der Waals surface area (Å²) in [6, 6.07) is 9.58. The van der Waals surface area contributed by atoms with Crippen LogP contribution in [-0.2, 0) is 0 Å². The van der Waals surface area contributed by atoms with E-state index in [-0.39, 0.29) is 0 Å². The van der Waals surface area contributed by atoms with Crippen molar-refractivity contribution in [1.29, 1.82) is 0 Å². The molecule has 1 atom stereocenters. The van der Waals surface area contributed by atoms with Gasteiger partial charge in [-0.25, -0.2) is 0 Å². The van der Waals surface area contributed by atoms with E-state index in [0.717, 1.165) is 13.1 Å². The molecule has 1 aromatic rings. The Morgan fingerprint density at radius 3 is 2.14 bits per heavy atom. The van der Waals surface area contributed by atoms with Gasteiger partial charge >= 0.3 is 0 Å². The number of rotatable bonds is 10. The molecule has 120 valence electrons. The van der Waals surface area contributed by atoms with Gasteiger partial charge in [0.25, 0.3) is 0 Å². The zero-order valence-electron chi connectivity index (χ0n) is 14.7. The second-order valence-electron chi connectivity index (χ2n) is 6.40. The maximum absolute atomic E-state index is 3.63. The molecule has 0 radical (unpaired) electrons. The third-order valence-electron chi connectivity index (χ3n) is 4.09. The van der Waals surface area contributed by atoms with Gasteiger partial charge in [0, 0.05) is 12.6 Å². The number of unbranched alkanes of at least 4 members (excludes halogenated alkanes) is 2. The summed E-state index contributed by atoms with van der Waals surface area (Å²) in [5, 5.41) is 3.63. The van der Waals surface area contributed by atoms with Crippen LogP contribution in [0.25, 0.3) is 0 Å². The van der Waals surface area contributed by atoms with Gasteiger partial charge in [-0.05, 0) is 43.6 Å². The molecule has 0 bridgehead atoms. The van der Waals surface area contributed by atoms with Crippen molar-refractivity contribution in [3.05, 3.63) is 35.4 Å². The molecule has 0 aliphatic rings. The van der Waals surface area contributed by atoms with Crippen LogP contribution >= 0.6 is 0 Å². The maximum Gasteiger partial charge on any atom is 0.0449 e. The second-order valence-corrected chi connectivity index (χ2v) is 6.40. The van der Waals surface area contributed by atoms with Gasteiger partial charge in [-0.2, -0.15) is 0 Å². The van der Waals surface area contributed by atoms with Crippen LogP contribution in [-0.4, -0.2) is 31.6 Å². The zero-order chi connectivity index (χ0) is 15.7. The lowest BCUT2D eigenvalue weighted by atomic mass is 9.99. The predicted octanol–water partition coefficient (Wildman–Crippen LogP) is 4.58. The van der Waals surface area contributed by atoms with Crippen molar-refractivity contribution in [1.82, 2.24) is 10.2 Å². The monoisotopic (exact) mass is 290 g/mol. The van der Waals surface area contributed by atoms with Crippen LogP contribution in [0, 0.1) is 0 Å². The number of nitrogens with one attached hydrogen (secondary N) is 1. The van der Waals surface area contributed by atoms with Crippen LogP contribution in [0.5, 0.6) is 0 Å². The highest BCUT2D eigenvalue weighted by Crippen LogP contribution is 2.19. The van der Waals surface area contributed by atoms with E-state index in [1.165, 1.54) is 36.9 Å². The minimum Gasteiger partial charge on any atom is -0.309 e. The Hall–Kier alpha value is -0.860. The van der Waals surface area contributed by atoms with E-state index in [1.807, 2.05) is 0 Å². The predicted molar refractivity (Wildman–Crippen MR) is 94.0 cm³/mol. The first-order chi connectivity index (χ1) is 10.1. The second kappa shape index (κ2) is 9.97. The molecule has 0 heterocycles. The van der Waals surface area contributed by atoms with Gasteiger partial charge in [-0.15, -0.1) is 0 Å². The lowest BCUT2D eigenvalue weighted by Crippen LogP contribution is -2.33. The Kier molecular flexibility index (Phi) is 8.63. The average Bonchev–Trinajstić information content (AvgIpc) is 2.47. The smallest absolute Gasteiger partial charge is 0.0449 e. The number of likely N-dealkylation sites (N-methyl/N-ethyl adjacent to an activating group) is 2. The normalized spacial score (nSPS) is 13.1. The summed E-state index contributed by atoms with van der Waals surface area (Å²) in [6.07, 6.45) is 3.93. The van der Waals surface area contributed by atoms with Gasteiger partial charge in [0.05, 0.1) is 0 Å². The number of hydrogen-bond acceptors (Lipinski definition) is 2. The maximum atomic E-state index is 3.63. The molecule has 1 rings (SSSR count). The van der Waals surface area contributed by atoms with Crippen molar-refractivity contribution in [2.75, 3.05) is 26.7 Å². The van der Waals surface area contributed by atoms with Crippen LogP contribution in [0.4, 0.5) is 0 Å². The third kappa shape index (κ3) is 6.62. The fourth-order valence-corrected chi connectivity index (χ4v) is 2.68. The highest BCUT2D eigenvalue weighted by atomic mass is 15.1. The molecule has 1 aromatic carbocycles. The molecule has 2 heteroatoms. The van der Waals surface area contributed by atoms with Crippen molar-refractivity contribution < 1.29 is 0 Å². The first-order valence-electron chi connectivity index (χ1n) is 8.60. The largest absolute Gasteiger partial charge is 0.309 e. The topological polar surface area (TPSA) is 15.3 Å². The van der Waals surface area contributed by atoms with Crippen LogP contribution in [0.2, 0.25) is 0 Å². The summed E-state index contributed by atoms with van der Waals surface area (Å²) in [7, 11) is 2.24. The molecule has 0 aromatic heterocycles. The van der Waals surface area contributed by atoms with E-state index >= 15 is 0 Å². The standard InChI is InChI=1S/C19H34N2/c1-6-8-9-14-21(5)15-19(20-7-2)18-12-10-17(11-13-18)16(3)4/h10-13,16,19-20H,6-9,14-15H2,1-5H3. The zero-order valence-corrected chi connectivity index (χ0v) is 14.7. The van der Waals surface area contributed by atoms with E-state index < -0.39 is 0 Å².